The average Bonchev–Trinajstić information content (AvgIpc) is 2.88. The third kappa shape index (κ3) is 3.83. The molecular weight excluding hydrogens is 264 g/mol. The highest BCUT2D eigenvalue weighted by molar-refractivity contribution is 5.96. The number of hydrogen-bond donors (Lipinski definition) is 2. The molecule has 0 aromatic heterocycles. The molecule has 21 heavy (non-hydrogen) atoms. The largest absolute Gasteiger partial charge is 0.396 e. The predicted octanol–water partition coefficient (Wildman–Crippen LogP) is 2.40. The minimum atomic E-state index is -0.0587. The first-order chi connectivity index (χ1) is 10.0. The first-order valence-electron chi connectivity index (χ1n) is 7.76. The van der Waals surface area contributed by atoms with E-state index >= 15 is 0 Å². The van der Waals surface area contributed by atoms with E-state index in [2.05, 4.69) is 29.3 Å². The van der Waals surface area contributed by atoms with Gasteiger partial charge in [-0.3, -0.25) is 9.69 Å². The quantitative estimate of drug-likeness (QED) is 0.875. The van der Waals surface area contributed by atoms with E-state index in [0.717, 1.165) is 49.2 Å². The lowest BCUT2D eigenvalue weighted by atomic mass is 10.0. The van der Waals surface area contributed by atoms with Crippen molar-refractivity contribution in [3.05, 3.63) is 28.8 Å². The molecule has 4 heteroatoms. The van der Waals surface area contributed by atoms with E-state index in [-0.39, 0.29) is 18.6 Å². The van der Waals surface area contributed by atoms with Gasteiger partial charge in [0.2, 0.25) is 5.91 Å². The zero-order valence-electron chi connectivity index (χ0n) is 13.3. The summed E-state index contributed by atoms with van der Waals surface area (Å²) in [6.45, 7) is 8.06. The van der Waals surface area contributed by atoms with Crippen LogP contribution in [-0.4, -0.2) is 41.7 Å². The Morgan fingerprint density at radius 2 is 2.00 bits per heavy atom. The Morgan fingerprint density at radius 1 is 1.33 bits per heavy atom. The van der Waals surface area contributed by atoms with Gasteiger partial charge in [-0.15, -0.1) is 0 Å². The standard InChI is InChI=1S/C17H26N2O2/c1-12-10-13(2)16(14(3)11-12)18-17(21)15-6-4-7-19(15)8-5-9-20/h10-11,15,20H,4-9H2,1-3H3,(H,18,21)/t15-/m1/s1. The fourth-order valence-corrected chi connectivity index (χ4v) is 3.25. The zero-order valence-corrected chi connectivity index (χ0v) is 13.3. The van der Waals surface area contributed by atoms with Crippen molar-refractivity contribution in [1.29, 1.82) is 0 Å². The number of anilines is 1. The number of aryl methyl sites for hydroxylation is 3. The number of carbonyl (C=O) groups excluding carboxylic acids is 1. The van der Waals surface area contributed by atoms with E-state index in [4.69, 9.17) is 5.11 Å². The highest BCUT2D eigenvalue weighted by Crippen LogP contribution is 2.24. The van der Waals surface area contributed by atoms with Crippen molar-refractivity contribution in [3.63, 3.8) is 0 Å². The molecule has 1 saturated heterocycles. The summed E-state index contributed by atoms with van der Waals surface area (Å²) in [5.41, 5.74) is 4.38. The zero-order chi connectivity index (χ0) is 15.4. The number of carbonyl (C=O) groups is 1. The Balaban J connectivity index is 2.07. The smallest absolute Gasteiger partial charge is 0.241 e. The molecular formula is C17H26N2O2. The summed E-state index contributed by atoms with van der Waals surface area (Å²) in [6, 6.07) is 4.14. The third-order valence-electron chi connectivity index (χ3n) is 4.19. The maximum atomic E-state index is 12.6. The van der Waals surface area contributed by atoms with Crippen molar-refractivity contribution in [3.8, 4) is 0 Å². The van der Waals surface area contributed by atoms with Crippen LogP contribution >= 0.6 is 0 Å². The highest BCUT2D eigenvalue weighted by Gasteiger charge is 2.30. The molecule has 4 nitrogen and oxygen atoms in total. The Hall–Kier alpha value is -1.39. The summed E-state index contributed by atoms with van der Waals surface area (Å²) in [4.78, 5) is 14.7. The molecule has 1 atom stereocenters. The van der Waals surface area contributed by atoms with Crippen LogP contribution in [0.5, 0.6) is 0 Å². The molecule has 1 aliphatic rings. The first-order valence-corrected chi connectivity index (χ1v) is 7.76. The minimum absolute atomic E-state index is 0.0587. The van der Waals surface area contributed by atoms with Gasteiger partial charge in [-0.2, -0.15) is 0 Å². The van der Waals surface area contributed by atoms with Gasteiger partial charge in [-0.1, -0.05) is 17.7 Å². The molecule has 0 radical (unpaired) electrons. The molecule has 1 amide bonds. The number of nitrogens with one attached hydrogen (secondary N) is 1. The van der Waals surface area contributed by atoms with E-state index in [1.165, 1.54) is 5.56 Å². The number of nitrogens with zero attached hydrogens (tertiary/aromatic N) is 1. The summed E-state index contributed by atoms with van der Waals surface area (Å²) < 4.78 is 0. The summed E-state index contributed by atoms with van der Waals surface area (Å²) in [5, 5.41) is 12.1. The second-order valence-electron chi connectivity index (χ2n) is 6.03. The highest BCUT2D eigenvalue weighted by atomic mass is 16.3. The Kier molecular flexibility index (Phi) is 5.37. The number of aliphatic hydroxyl groups excluding tert-OH is 1. The molecule has 0 unspecified atom stereocenters. The Morgan fingerprint density at radius 3 is 2.62 bits per heavy atom. The maximum absolute atomic E-state index is 12.6. The number of likely N-dealkylation sites (tertiary alicyclic amines) is 1. The van der Waals surface area contributed by atoms with Crippen molar-refractivity contribution in [2.24, 2.45) is 0 Å². The Labute approximate surface area is 127 Å². The van der Waals surface area contributed by atoms with Crippen molar-refractivity contribution < 1.29 is 9.90 Å². The summed E-state index contributed by atoms with van der Waals surface area (Å²) >= 11 is 0. The van der Waals surface area contributed by atoms with Crippen LogP contribution in [0.3, 0.4) is 0 Å². The van der Waals surface area contributed by atoms with E-state index in [1.54, 1.807) is 0 Å². The minimum Gasteiger partial charge on any atom is -0.396 e. The van der Waals surface area contributed by atoms with Crippen LogP contribution in [0, 0.1) is 20.8 Å². The van der Waals surface area contributed by atoms with Crippen molar-refractivity contribution in [2.75, 3.05) is 25.0 Å². The van der Waals surface area contributed by atoms with Crippen molar-refractivity contribution in [2.45, 2.75) is 46.1 Å². The van der Waals surface area contributed by atoms with Crippen LogP contribution in [0.4, 0.5) is 5.69 Å². The molecule has 1 aromatic rings. The van der Waals surface area contributed by atoms with E-state index < -0.39 is 0 Å². The van der Waals surface area contributed by atoms with E-state index in [1.807, 2.05) is 13.8 Å². The monoisotopic (exact) mass is 290 g/mol. The maximum Gasteiger partial charge on any atom is 0.241 e. The molecule has 2 rings (SSSR count). The lowest BCUT2D eigenvalue weighted by Gasteiger charge is -2.24. The number of hydrogen-bond acceptors (Lipinski definition) is 3. The van der Waals surface area contributed by atoms with Crippen molar-refractivity contribution >= 4 is 11.6 Å². The van der Waals surface area contributed by atoms with Crippen molar-refractivity contribution in [1.82, 2.24) is 4.90 Å². The van der Waals surface area contributed by atoms with E-state index in [0.29, 0.717) is 0 Å². The molecule has 1 fully saturated rings. The van der Waals surface area contributed by atoms with Gasteiger partial charge in [0.25, 0.3) is 0 Å². The van der Waals surface area contributed by atoms with Crippen LogP contribution in [0.15, 0.2) is 12.1 Å². The summed E-state index contributed by atoms with van der Waals surface area (Å²) in [6.07, 6.45) is 2.68. The van der Waals surface area contributed by atoms with Gasteiger partial charge in [0, 0.05) is 18.8 Å². The normalized spacial score (nSPS) is 19.0. The second-order valence-corrected chi connectivity index (χ2v) is 6.03. The van der Waals surface area contributed by atoms with Crippen LogP contribution < -0.4 is 5.32 Å². The fraction of sp³-hybridized carbons (Fsp3) is 0.588. The fourth-order valence-electron chi connectivity index (χ4n) is 3.25. The molecule has 0 saturated carbocycles. The number of amides is 1. The molecule has 0 aliphatic carbocycles. The third-order valence-corrected chi connectivity index (χ3v) is 4.19. The number of aliphatic hydroxyl groups is 1. The summed E-state index contributed by atoms with van der Waals surface area (Å²) in [5.74, 6) is 0.0838. The number of benzene rings is 1. The molecule has 0 bridgehead atoms. The van der Waals surface area contributed by atoms with Gasteiger partial charge >= 0.3 is 0 Å². The molecule has 1 aliphatic heterocycles. The molecule has 1 aromatic carbocycles. The SMILES string of the molecule is Cc1cc(C)c(NC(=O)[C@H]2CCCN2CCCO)c(C)c1. The van der Waals surface area contributed by atoms with Gasteiger partial charge in [-0.05, 0) is 57.7 Å². The molecule has 1 heterocycles. The Bertz CT molecular complexity index is 491. The van der Waals surface area contributed by atoms with E-state index in [9.17, 15) is 4.79 Å². The van der Waals surface area contributed by atoms with Gasteiger partial charge in [0.15, 0.2) is 0 Å². The van der Waals surface area contributed by atoms with Gasteiger partial charge in [-0.25, -0.2) is 0 Å². The van der Waals surface area contributed by atoms with Crippen LogP contribution in [-0.2, 0) is 4.79 Å². The second kappa shape index (κ2) is 7.05. The lowest BCUT2D eigenvalue weighted by Crippen LogP contribution is -2.40. The van der Waals surface area contributed by atoms with Gasteiger partial charge in [0.05, 0.1) is 6.04 Å². The summed E-state index contributed by atoms with van der Waals surface area (Å²) in [7, 11) is 0. The molecule has 116 valence electrons. The first kappa shape index (κ1) is 16.0. The van der Waals surface area contributed by atoms with Crippen LogP contribution in [0.1, 0.15) is 36.0 Å². The van der Waals surface area contributed by atoms with Gasteiger partial charge < -0.3 is 10.4 Å². The topological polar surface area (TPSA) is 52.6 Å². The lowest BCUT2D eigenvalue weighted by molar-refractivity contribution is -0.120. The van der Waals surface area contributed by atoms with Gasteiger partial charge in [0.1, 0.15) is 0 Å². The predicted molar refractivity (Wildman–Crippen MR) is 85.6 cm³/mol. The average molecular weight is 290 g/mol. The van der Waals surface area contributed by atoms with Crippen LogP contribution in [0.2, 0.25) is 0 Å². The van der Waals surface area contributed by atoms with Crippen LogP contribution in [0.25, 0.3) is 0 Å². The molecule has 0 spiro atoms. The number of rotatable bonds is 5. The molecule has 2 N–H and O–H groups in total.